The third-order valence-electron chi connectivity index (χ3n) is 4.19. The predicted octanol–water partition coefficient (Wildman–Crippen LogP) is 1.46. The van der Waals surface area contributed by atoms with Crippen molar-refractivity contribution in [1.82, 2.24) is 24.6 Å². The Morgan fingerprint density at radius 2 is 2.00 bits per heavy atom. The summed E-state index contributed by atoms with van der Waals surface area (Å²) in [5.74, 6) is 3.56. The second-order valence-corrected chi connectivity index (χ2v) is 7.13. The average Bonchev–Trinajstić information content (AvgIpc) is 2.95. The number of amides is 1. The molecule has 130 valence electrons. The van der Waals surface area contributed by atoms with Gasteiger partial charge in [0.2, 0.25) is 5.91 Å². The normalized spacial score (nSPS) is 15.3. The highest BCUT2D eigenvalue weighted by Gasteiger charge is 2.24. The van der Waals surface area contributed by atoms with Gasteiger partial charge in [0.15, 0.2) is 5.65 Å². The van der Waals surface area contributed by atoms with Gasteiger partial charge in [-0.2, -0.15) is 16.9 Å². The molecular formula is C16H24N6OS. The third kappa shape index (κ3) is 3.48. The SMILES string of the molecule is CCCSCC(=O)N1CCN(c2nc(C)nc3c2cnn3C)CC1. The monoisotopic (exact) mass is 348 g/mol. The van der Waals surface area contributed by atoms with Gasteiger partial charge < -0.3 is 9.80 Å². The summed E-state index contributed by atoms with van der Waals surface area (Å²) in [5.41, 5.74) is 0.854. The van der Waals surface area contributed by atoms with Crippen molar-refractivity contribution in [1.29, 1.82) is 0 Å². The molecule has 0 aliphatic carbocycles. The van der Waals surface area contributed by atoms with E-state index in [1.54, 1.807) is 16.4 Å². The van der Waals surface area contributed by atoms with E-state index in [0.29, 0.717) is 5.75 Å². The van der Waals surface area contributed by atoms with Gasteiger partial charge in [-0.3, -0.25) is 9.48 Å². The zero-order chi connectivity index (χ0) is 17.1. The molecule has 0 saturated carbocycles. The number of hydrogen-bond donors (Lipinski definition) is 0. The first-order valence-electron chi connectivity index (χ1n) is 8.37. The smallest absolute Gasteiger partial charge is 0.232 e. The largest absolute Gasteiger partial charge is 0.352 e. The summed E-state index contributed by atoms with van der Waals surface area (Å²) >= 11 is 1.72. The summed E-state index contributed by atoms with van der Waals surface area (Å²) in [6.07, 6.45) is 2.93. The molecule has 0 radical (unpaired) electrons. The van der Waals surface area contributed by atoms with Gasteiger partial charge in [0.1, 0.15) is 11.6 Å². The van der Waals surface area contributed by atoms with Crippen molar-refractivity contribution in [2.24, 2.45) is 7.05 Å². The Hall–Kier alpha value is -1.83. The number of carbonyl (C=O) groups excluding carboxylic acids is 1. The fraction of sp³-hybridized carbons (Fsp3) is 0.625. The van der Waals surface area contributed by atoms with E-state index in [4.69, 9.17) is 0 Å². The van der Waals surface area contributed by atoms with Crippen LogP contribution < -0.4 is 4.90 Å². The van der Waals surface area contributed by atoms with Crippen LogP contribution in [0.15, 0.2) is 6.20 Å². The fourth-order valence-corrected chi connectivity index (χ4v) is 3.71. The maximum absolute atomic E-state index is 12.2. The minimum absolute atomic E-state index is 0.249. The molecule has 0 spiro atoms. The lowest BCUT2D eigenvalue weighted by Crippen LogP contribution is -2.49. The van der Waals surface area contributed by atoms with E-state index in [9.17, 15) is 4.79 Å². The van der Waals surface area contributed by atoms with E-state index in [0.717, 1.165) is 61.0 Å². The Morgan fingerprint density at radius 3 is 2.71 bits per heavy atom. The van der Waals surface area contributed by atoms with Crippen molar-refractivity contribution in [3.05, 3.63) is 12.0 Å². The van der Waals surface area contributed by atoms with Gasteiger partial charge in [0.25, 0.3) is 0 Å². The Kier molecular flexibility index (Phi) is 5.23. The van der Waals surface area contributed by atoms with Crippen LogP contribution in [-0.2, 0) is 11.8 Å². The molecule has 2 aromatic rings. The Bertz CT molecular complexity index is 723. The van der Waals surface area contributed by atoms with Crippen LogP contribution in [0.25, 0.3) is 11.0 Å². The molecule has 0 N–H and O–H groups in total. The topological polar surface area (TPSA) is 67.2 Å². The molecule has 7 nitrogen and oxygen atoms in total. The summed E-state index contributed by atoms with van der Waals surface area (Å²) < 4.78 is 1.78. The lowest BCUT2D eigenvalue weighted by Gasteiger charge is -2.35. The molecule has 0 unspecified atom stereocenters. The van der Waals surface area contributed by atoms with Crippen molar-refractivity contribution in [3.8, 4) is 0 Å². The number of hydrogen-bond acceptors (Lipinski definition) is 6. The second-order valence-electron chi connectivity index (χ2n) is 6.02. The minimum atomic E-state index is 0.249. The summed E-state index contributed by atoms with van der Waals surface area (Å²) in [6.45, 7) is 7.13. The predicted molar refractivity (Wildman–Crippen MR) is 97.5 cm³/mol. The number of carbonyl (C=O) groups is 1. The lowest BCUT2D eigenvalue weighted by atomic mass is 10.2. The molecule has 24 heavy (non-hydrogen) atoms. The maximum atomic E-state index is 12.2. The molecule has 0 atom stereocenters. The van der Waals surface area contributed by atoms with E-state index in [1.807, 2.05) is 25.1 Å². The van der Waals surface area contributed by atoms with Gasteiger partial charge in [-0.25, -0.2) is 9.97 Å². The number of fused-ring (bicyclic) bond motifs is 1. The Morgan fingerprint density at radius 1 is 1.25 bits per heavy atom. The number of nitrogens with zero attached hydrogens (tertiary/aromatic N) is 6. The Balaban J connectivity index is 1.68. The number of aryl methyl sites for hydroxylation is 2. The maximum Gasteiger partial charge on any atom is 0.232 e. The van der Waals surface area contributed by atoms with Crippen molar-refractivity contribution < 1.29 is 4.79 Å². The molecule has 0 bridgehead atoms. The molecule has 1 aliphatic rings. The number of rotatable bonds is 5. The van der Waals surface area contributed by atoms with Gasteiger partial charge in [-0.15, -0.1) is 0 Å². The lowest BCUT2D eigenvalue weighted by molar-refractivity contribution is -0.128. The van der Waals surface area contributed by atoms with E-state index in [-0.39, 0.29) is 5.91 Å². The van der Waals surface area contributed by atoms with Gasteiger partial charge in [-0.05, 0) is 19.1 Å². The number of aromatic nitrogens is 4. The van der Waals surface area contributed by atoms with E-state index >= 15 is 0 Å². The molecule has 8 heteroatoms. The molecule has 3 rings (SSSR count). The zero-order valence-corrected chi connectivity index (χ0v) is 15.3. The Labute approximate surface area is 146 Å². The van der Waals surface area contributed by atoms with Crippen LogP contribution in [0, 0.1) is 6.92 Å². The van der Waals surface area contributed by atoms with Crippen LogP contribution in [-0.4, -0.2) is 68.2 Å². The first-order chi connectivity index (χ1) is 11.6. The minimum Gasteiger partial charge on any atom is -0.352 e. The number of piperazine rings is 1. The highest BCUT2D eigenvalue weighted by atomic mass is 32.2. The summed E-state index contributed by atoms with van der Waals surface area (Å²) in [6, 6.07) is 0. The molecule has 1 amide bonds. The molecule has 1 saturated heterocycles. The van der Waals surface area contributed by atoms with Crippen LogP contribution in [0.5, 0.6) is 0 Å². The highest BCUT2D eigenvalue weighted by molar-refractivity contribution is 7.99. The first kappa shape index (κ1) is 17.0. The summed E-state index contributed by atoms with van der Waals surface area (Å²) in [7, 11) is 1.89. The van der Waals surface area contributed by atoms with Crippen molar-refractivity contribution >= 4 is 34.5 Å². The highest BCUT2D eigenvalue weighted by Crippen LogP contribution is 2.24. The van der Waals surface area contributed by atoms with Crippen LogP contribution in [0.2, 0.25) is 0 Å². The third-order valence-corrected chi connectivity index (χ3v) is 5.34. The van der Waals surface area contributed by atoms with E-state index in [2.05, 4.69) is 26.9 Å². The second kappa shape index (κ2) is 7.38. The van der Waals surface area contributed by atoms with Crippen molar-refractivity contribution in [2.75, 3.05) is 42.6 Å². The van der Waals surface area contributed by atoms with Crippen molar-refractivity contribution in [2.45, 2.75) is 20.3 Å². The van der Waals surface area contributed by atoms with Gasteiger partial charge in [0, 0.05) is 33.2 Å². The molecule has 0 aromatic carbocycles. The standard InChI is InChI=1S/C16H24N6OS/c1-4-9-24-11-14(23)21-5-7-22(8-6-21)16-13-10-17-20(3)15(13)18-12(2)19-16/h10H,4-9,11H2,1-3H3. The van der Waals surface area contributed by atoms with Crippen LogP contribution in [0.3, 0.4) is 0 Å². The van der Waals surface area contributed by atoms with Crippen LogP contribution in [0.1, 0.15) is 19.2 Å². The quantitative estimate of drug-likeness (QED) is 0.762. The van der Waals surface area contributed by atoms with E-state index in [1.165, 1.54) is 0 Å². The summed E-state index contributed by atoms with van der Waals surface area (Å²) in [4.78, 5) is 25.5. The molecule has 3 heterocycles. The number of thioether (sulfide) groups is 1. The van der Waals surface area contributed by atoms with E-state index < -0.39 is 0 Å². The molecule has 1 aliphatic heterocycles. The van der Waals surface area contributed by atoms with Gasteiger partial charge >= 0.3 is 0 Å². The first-order valence-corrected chi connectivity index (χ1v) is 9.52. The molecule has 2 aromatic heterocycles. The van der Waals surface area contributed by atoms with Crippen LogP contribution >= 0.6 is 11.8 Å². The molecule has 1 fully saturated rings. The average molecular weight is 348 g/mol. The number of anilines is 1. The van der Waals surface area contributed by atoms with Crippen molar-refractivity contribution in [3.63, 3.8) is 0 Å². The van der Waals surface area contributed by atoms with Crippen LogP contribution in [0.4, 0.5) is 5.82 Å². The zero-order valence-electron chi connectivity index (χ0n) is 14.5. The van der Waals surface area contributed by atoms with Gasteiger partial charge in [0.05, 0.1) is 17.3 Å². The fourth-order valence-electron chi connectivity index (χ4n) is 2.92. The van der Waals surface area contributed by atoms with Gasteiger partial charge in [-0.1, -0.05) is 6.92 Å². The molecular weight excluding hydrogens is 324 g/mol. The summed E-state index contributed by atoms with van der Waals surface area (Å²) in [5, 5.41) is 5.27.